The molecule has 4 fully saturated rings. The van der Waals surface area contributed by atoms with E-state index in [1.165, 1.54) is 38.5 Å². The van der Waals surface area contributed by atoms with Crippen molar-refractivity contribution in [3.05, 3.63) is 0 Å². The Balaban J connectivity index is 0.000000514. The van der Waals surface area contributed by atoms with Gasteiger partial charge in [0.1, 0.15) is 0 Å². The van der Waals surface area contributed by atoms with Crippen molar-refractivity contribution in [3.63, 3.8) is 0 Å². The van der Waals surface area contributed by atoms with Gasteiger partial charge in [-0.15, -0.1) is 0 Å². The Bertz CT molecular complexity index is 224. The van der Waals surface area contributed by atoms with E-state index in [1.807, 2.05) is 13.8 Å². The molecule has 4 aliphatic rings. The molecule has 0 aromatic rings. The lowest BCUT2D eigenvalue weighted by atomic mass is 9.61. The number of ether oxygens (including phenoxy) is 1. The topological polar surface area (TPSA) is 38.5 Å². The van der Waals surface area contributed by atoms with Gasteiger partial charge in [0.05, 0.1) is 13.2 Å². The van der Waals surface area contributed by atoms with Gasteiger partial charge in [0.25, 0.3) is 0 Å². The molecule has 0 aromatic heterocycles. The van der Waals surface area contributed by atoms with Crippen molar-refractivity contribution >= 4 is 0 Å². The van der Waals surface area contributed by atoms with E-state index in [-0.39, 0.29) is 5.54 Å². The molecule has 1 heterocycles. The third-order valence-corrected chi connectivity index (χ3v) is 4.95. The smallest absolute Gasteiger partial charge is 0.0594 e. The molecule has 100 valence electrons. The normalized spacial score (nSPS) is 41.8. The molecule has 4 rings (SSSR count). The van der Waals surface area contributed by atoms with Gasteiger partial charge in [-0.25, -0.2) is 0 Å². The third kappa shape index (κ3) is 2.51. The molecule has 1 aliphatic heterocycles. The minimum atomic E-state index is 0.202. The quantitative estimate of drug-likeness (QED) is 0.763. The van der Waals surface area contributed by atoms with E-state index in [4.69, 9.17) is 10.5 Å². The highest BCUT2D eigenvalue weighted by Crippen LogP contribution is 2.48. The summed E-state index contributed by atoms with van der Waals surface area (Å²) in [5, 5.41) is 0. The standard InChI is InChI=1S/C12H22N2O.C2H6/c13-11-1-4-12(5-2-11,6-3-11)14-7-9-15-10-8-14;1-2/h1-10,13H2;1-2H3. The molecule has 17 heavy (non-hydrogen) atoms. The van der Waals surface area contributed by atoms with E-state index in [0.717, 1.165) is 26.3 Å². The summed E-state index contributed by atoms with van der Waals surface area (Å²) in [5.74, 6) is 0. The Hall–Kier alpha value is -0.120. The molecule has 0 unspecified atom stereocenters. The predicted octanol–water partition coefficient (Wildman–Crippen LogP) is 2.15. The van der Waals surface area contributed by atoms with Crippen molar-refractivity contribution in [1.82, 2.24) is 4.90 Å². The zero-order valence-corrected chi connectivity index (χ0v) is 11.5. The average Bonchev–Trinajstić information content (AvgIpc) is 2.43. The Morgan fingerprint density at radius 3 is 1.82 bits per heavy atom. The molecular weight excluding hydrogens is 212 g/mol. The maximum absolute atomic E-state index is 6.34. The molecule has 0 radical (unpaired) electrons. The van der Waals surface area contributed by atoms with E-state index >= 15 is 0 Å². The van der Waals surface area contributed by atoms with Crippen molar-refractivity contribution in [2.75, 3.05) is 26.3 Å². The van der Waals surface area contributed by atoms with Crippen LogP contribution in [0.25, 0.3) is 0 Å². The fraction of sp³-hybridized carbons (Fsp3) is 1.00. The van der Waals surface area contributed by atoms with Crippen LogP contribution in [0.15, 0.2) is 0 Å². The van der Waals surface area contributed by atoms with Crippen molar-refractivity contribution in [2.24, 2.45) is 5.73 Å². The Morgan fingerprint density at radius 2 is 1.35 bits per heavy atom. The van der Waals surface area contributed by atoms with Gasteiger partial charge >= 0.3 is 0 Å². The molecule has 3 aliphatic carbocycles. The van der Waals surface area contributed by atoms with E-state index in [1.54, 1.807) is 0 Å². The van der Waals surface area contributed by atoms with Crippen LogP contribution >= 0.6 is 0 Å². The first-order valence-corrected chi connectivity index (χ1v) is 7.34. The molecule has 0 aromatic carbocycles. The Kier molecular flexibility index (Phi) is 4.11. The summed E-state index contributed by atoms with van der Waals surface area (Å²) in [7, 11) is 0. The van der Waals surface area contributed by atoms with Crippen LogP contribution in [0.4, 0.5) is 0 Å². The molecule has 3 nitrogen and oxygen atoms in total. The summed E-state index contributed by atoms with van der Waals surface area (Å²) in [6.07, 6.45) is 7.69. The highest BCUT2D eigenvalue weighted by atomic mass is 16.5. The van der Waals surface area contributed by atoms with Crippen LogP contribution in [0.3, 0.4) is 0 Å². The minimum absolute atomic E-state index is 0.202. The Morgan fingerprint density at radius 1 is 0.882 bits per heavy atom. The summed E-state index contributed by atoms with van der Waals surface area (Å²) in [6, 6.07) is 0. The summed E-state index contributed by atoms with van der Waals surface area (Å²) in [5.41, 5.74) is 7.05. The van der Waals surface area contributed by atoms with Crippen molar-refractivity contribution < 1.29 is 4.74 Å². The van der Waals surface area contributed by atoms with E-state index in [0.29, 0.717) is 5.54 Å². The highest BCUT2D eigenvalue weighted by Gasteiger charge is 2.49. The number of rotatable bonds is 1. The molecule has 0 spiro atoms. The fourth-order valence-corrected chi connectivity index (χ4v) is 3.71. The van der Waals surface area contributed by atoms with Crippen LogP contribution in [-0.2, 0) is 4.74 Å². The number of hydrogen-bond acceptors (Lipinski definition) is 3. The number of nitrogens with zero attached hydrogens (tertiary/aromatic N) is 1. The number of fused-ring (bicyclic) bond motifs is 3. The maximum Gasteiger partial charge on any atom is 0.0594 e. The average molecular weight is 240 g/mol. The minimum Gasteiger partial charge on any atom is -0.379 e. The maximum atomic E-state index is 6.34. The molecule has 1 saturated heterocycles. The molecule has 0 atom stereocenters. The highest BCUT2D eigenvalue weighted by molar-refractivity contribution is 5.08. The number of morpholine rings is 1. The molecule has 3 heteroatoms. The lowest BCUT2D eigenvalue weighted by molar-refractivity contribution is -0.0719. The van der Waals surface area contributed by atoms with Gasteiger partial charge in [-0.3, -0.25) is 4.90 Å². The predicted molar refractivity (Wildman–Crippen MR) is 71.1 cm³/mol. The van der Waals surface area contributed by atoms with Gasteiger partial charge in [-0.05, 0) is 38.5 Å². The zero-order chi connectivity index (χ0) is 12.4. The second-order valence-electron chi connectivity index (χ2n) is 5.69. The molecule has 3 saturated carbocycles. The van der Waals surface area contributed by atoms with Gasteiger partial charge in [-0.1, -0.05) is 13.8 Å². The molecule has 2 bridgehead atoms. The van der Waals surface area contributed by atoms with Gasteiger partial charge in [-0.2, -0.15) is 0 Å². The lowest BCUT2D eigenvalue weighted by Gasteiger charge is -2.57. The first-order chi connectivity index (χ1) is 8.23. The van der Waals surface area contributed by atoms with Crippen molar-refractivity contribution in [3.8, 4) is 0 Å². The SMILES string of the molecule is CC.NC12CCC(N3CCOCC3)(CC1)CC2. The number of hydrogen-bond donors (Lipinski definition) is 1. The van der Waals surface area contributed by atoms with Gasteiger partial charge in [0.15, 0.2) is 0 Å². The Labute approximate surface area is 106 Å². The summed E-state index contributed by atoms with van der Waals surface area (Å²) in [4.78, 5) is 2.69. The molecular formula is C14H28N2O. The number of nitrogens with two attached hydrogens (primary N) is 1. The van der Waals surface area contributed by atoms with Crippen molar-refractivity contribution in [2.45, 2.75) is 63.5 Å². The van der Waals surface area contributed by atoms with Crippen LogP contribution in [0.1, 0.15) is 52.4 Å². The van der Waals surface area contributed by atoms with Crippen molar-refractivity contribution in [1.29, 1.82) is 0 Å². The largest absolute Gasteiger partial charge is 0.379 e. The van der Waals surface area contributed by atoms with E-state index < -0.39 is 0 Å². The third-order valence-electron chi connectivity index (χ3n) is 4.95. The molecule has 0 amide bonds. The fourth-order valence-electron chi connectivity index (χ4n) is 3.71. The summed E-state index contributed by atoms with van der Waals surface area (Å²) in [6.45, 7) is 8.13. The van der Waals surface area contributed by atoms with Crippen LogP contribution in [0, 0.1) is 0 Å². The van der Waals surface area contributed by atoms with E-state index in [9.17, 15) is 0 Å². The van der Waals surface area contributed by atoms with Gasteiger partial charge < -0.3 is 10.5 Å². The van der Waals surface area contributed by atoms with E-state index in [2.05, 4.69) is 4.90 Å². The zero-order valence-electron chi connectivity index (χ0n) is 11.5. The van der Waals surface area contributed by atoms with Crippen LogP contribution < -0.4 is 5.73 Å². The first kappa shape index (κ1) is 13.3. The van der Waals surface area contributed by atoms with Crippen LogP contribution in [0.5, 0.6) is 0 Å². The first-order valence-electron chi connectivity index (χ1n) is 7.34. The van der Waals surface area contributed by atoms with Crippen LogP contribution in [0.2, 0.25) is 0 Å². The summed E-state index contributed by atoms with van der Waals surface area (Å²) < 4.78 is 5.45. The van der Waals surface area contributed by atoms with Gasteiger partial charge in [0, 0.05) is 24.2 Å². The lowest BCUT2D eigenvalue weighted by Crippen LogP contribution is -2.63. The van der Waals surface area contributed by atoms with Crippen LogP contribution in [-0.4, -0.2) is 42.3 Å². The van der Waals surface area contributed by atoms with Gasteiger partial charge in [0.2, 0.25) is 0 Å². The second-order valence-corrected chi connectivity index (χ2v) is 5.69. The second kappa shape index (κ2) is 5.25. The summed E-state index contributed by atoms with van der Waals surface area (Å²) >= 11 is 0. The monoisotopic (exact) mass is 240 g/mol. The molecule has 2 N–H and O–H groups in total.